The Kier molecular flexibility index (Phi) is 1.72. The fourth-order valence-corrected chi connectivity index (χ4v) is 3.63. The molecule has 0 spiro atoms. The number of aliphatic hydroxyl groups excluding tert-OH is 1. The van der Waals surface area contributed by atoms with E-state index in [1.165, 1.54) is 0 Å². The van der Waals surface area contributed by atoms with E-state index in [2.05, 4.69) is 10.0 Å². The summed E-state index contributed by atoms with van der Waals surface area (Å²) < 4.78 is 5.22. The molecule has 80 valence electrons. The predicted octanol–water partition coefficient (Wildman–Crippen LogP) is 0.465. The Morgan fingerprint density at radius 3 is 3.07 bits per heavy atom. The van der Waals surface area contributed by atoms with Crippen molar-refractivity contribution >= 4 is 5.97 Å². The largest absolute Gasteiger partial charge is 0.461 e. The van der Waals surface area contributed by atoms with Crippen molar-refractivity contribution in [3.8, 4) is 0 Å². The molecule has 0 amide bonds. The Balaban J connectivity index is 2.00. The monoisotopic (exact) mass is 209 g/mol. The molecule has 1 N–H and O–H groups in total. The molecular formula is C9H11N3O3. The maximum absolute atomic E-state index is 11.5. The van der Waals surface area contributed by atoms with Crippen LogP contribution in [0.2, 0.25) is 0 Å². The Morgan fingerprint density at radius 1 is 1.60 bits per heavy atom. The second-order valence-electron chi connectivity index (χ2n) is 4.53. The van der Waals surface area contributed by atoms with Crippen LogP contribution in [0.4, 0.5) is 0 Å². The van der Waals surface area contributed by atoms with Crippen molar-refractivity contribution in [3.63, 3.8) is 0 Å². The van der Waals surface area contributed by atoms with Crippen molar-refractivity contribution in [2.24, 2.45) is 28.8 Å². The molecule has 6 nitrogen and oxygen atoms in total. The number of fused-ring (bicyclic) bond motifs is 1. The topological polar surface area (TPSA) is 95.3 Å². The lowest BCUT2D eigenvalue weighted by molar-refractivity contribution is -0.144. The van der Waals surface area contributed by atoms with Crippen LogP contribution in [-0.4, -0.2) is 29.8 Å². The minimum atomic E-state index is -0.264. The summed E-state index contributed by atoms with van der Waals surface area (Å²) >= 11 is 0. The molecule has 0 unspecified atom stereocenters. The highest BCUT2D eigenvalue weighted by Gasteiger charge is 2.65. The molecule has 1 heterocycles. The first kappa shape index (κ1) is 9.00. The van der Waals surface area contributed by atoms with Gasteiger partial charge in [0.15, 0.2) is 0 Å². The Labute approximate surface area is 85.8 Å². The molecule has 1 saturated heterocycles. The van der Waals surface area contributed by atoms with Crippen LogP contribution in [0.15, 0.2) is 5.11 Å². The van der Waals surface area contributed by atoms with Gasteiger partial charge in [-0.3, -0.25) is 4.79 Å². The Hall–Kier alpha value is -1.26. The highest BCUT2D eigenvalue weighted by molar-refractivity contribution is 5.77. The van der Waals surface area contributed by atoms with E-state index in [4.69, 9.17) is 10.3 Å². The lowest BCUT2D eigenvalue weighted by atomic mass is 9.78. The lowest BCUT2D eigenvalue weighted by Crippen LogP contribution is -2.37. The predicted molar refractivity (Wildman–Crippen MR) is 48.5 cm³/mol. The van der Waals surface area contributed by atoms with Crippen molar-refractivity contribution in [2.45, 2.75) is 18.6 Å². The second-order valence-corrected chi connectivity index (χ2v) is 4.53. The molecule has 3 aliphatic rings. The number of hydrogen-bond donors (Lipinski definition) is 1. The molecule has 0 radical (unpaired) electrons. The number of aliphatic hydroxyl groups is 1. The van der Waals surface area contributed by atoms with Gasteiger partial charge in [0, 0.05) is 17.4 Å². The highest BCUT2D eigenvalue weighted by Crippen LogP contribution is 2.58. The zero-order chi connectivity index (χ0) is 10.6. The number of azide groups is 1. The fraction of sp³-hybridized carbons (Fsp3) is 0.889. The van der Waals surface area contributed by atoms with Gasteiger partial charge in [0.25, 0.3) is 0 Å². The van der Waals surface area contributed by atoms with Gasteiger partial charge in [0.05, 0.1) is 12.0 Å². The van der Waals surface area contributed by atoms with E-state index in [-0.39, 0.29) is 48.4 Å². The molecule has 6 heteroatoms. The van der Waals surface area contributed by atoms with E-state index in [0.29, 0.717) is 0 Å². The van der Waals surface area contributed by atoms with Gasteiger partial charge in [0.2, 0.25) is 0 Å². The molecule has 15 heavy (non-hydrogen) atoms. The van der Waals surface area contributed by atoms with Gasteiger partial charge in [-0.05, 0) is 23.8 Å². The molecule has 2 saturated carbocycles. The van der Waals surface area contributed by atoms with Crippen molar-refractivity contribution in [1.82, 2.24) is 0 Å². The second kappa shape index (κ2) is 2.87. The first-order chi connectivity index (χ1) is 7.27. The average molecular weight is 209 g/mol. The molecule has 1 aliphatic heterocycles. The summed E-state index contributed by atoms with van der Waals surface area (Å²) in [5.74, 6) is -0.165. The lowest BCUT2D eigenvalue weighted by Gasteiger charge is -2.27. The van der Waals surface area contributed by atoms with Crippen LogP contribution in [0, 0.1) is 23.7 Å². The van der Waals surface area contributed by atoms with Crippen molar-refractivity contribution in [2.75, 3.05) is 6.61 Å². The van der Waals surface area contributed by atoms with Crippen LogP contribution in [0.25, 0.3) is 10.4 Å². The smallest absolute Gasteiger partial charge is 0.310 e. The number of carbonyl (C=O) groups excluding carboxylic acids is 1. The third-order valence-electron chi connectivity index (χ3n) is 4.13. The van der Waals surface area contributed by atoms with Gasteiger partial charge in [-0.15, -0.1) is 0 Å². The summed E-state index contributed by atoms with van der Waals surface area (Å²) in [7, 11) is 0. The molecule has 0 aromatic carbocycles. The van der Waals surface area contributed by atoms with Crippen LogP contribution in [0.5, 0.6) is 0 Å². The third kappa shape index (κ3) is 0.931. The summed E-state index contributed by atoms with van der Waals surface area (Å²) in [5, 5.41) is 13.0. The molecule has 3 fully saturated rings. The van der Waals surface area contributed by atoms with Gasteiger partial charge >= 0.3 is 5.97 Å². The van der Waals surface area contributed by atoms with Crippen LogP contribution in [-0.2, 0) is 9.53 Å². The third-order valence-corrected chi connectivity index (χ3v) is 4.13. The van der Waals surface area contributed by atoms with Gasteiger partial charge in [-0.25, -0.2) is 0 Å². The number of hydrogen-bond acceptors (Lipinski definition) is 4. The van der Waals surface area contributed by atoms with E-state index in [0.717, 1.165) is 6.42 Å². The zero-order valence-corrected chi connectivity index (χ0v) is 7.98. The van der Waals surface area contributed by atoms with Gasteiger partial charge in [-0.2, -0.15) is 0 Å². The van der Waals surface area contributed by atoms with E-state index in [1.807, 2.05) is 0 Å². The Morgan fingerprint density at radius 2 is 2.40 bits per heavy atom. The van der Waals surface area contributed by atoms with E-state index >= 15 is 0 Å². The van der Waals surface area contributed by atoms with Gasteiger partial charge < -0.3 is 9.84 Å². The number of nitrogens with zero attached hydrogens (tertiary/aromatic N) is 3. The standard InChI is InChI=1S/C9H11N3O3/c10-12-11-7-3-1-4-6(5(3)2-13)9(14)15-8(4)7/h3-8,13H,1-2H2/t3-,4-,5-,6+,7-,8-/m0/s1. The number of carbonyl (C=O) groups is 1. The fourth-order valence-electron chi connectivity index (χ4n) is 3.63. The number of ether oxygens (including phenoxy) is 1. The maximum atomic E-state index is 11.5. The Bertz CT molecular complexity index is 366. The highest BCUT2D eigenvalue weighted by atomic mass is 16.6. The van der Waals surface area contributed by atoms with E-state index in [9.17, 15) is 9.90 Å². The minimum absolute atomic E-state index is 0.0227. The quantitative estimate of drug-likeness (QED) is 0.310. The first-order valence-corrected chi connectivity index (χ1v) is 5.13. The SMILES string of the molecule is [N-]=[N+]=N[C@H]1[C@H]2C[C@@H]3[C@@H]1OC(=O)[C@H]3[C@H]2CO. The number of rotatable bonds is 2. The van der Waals surface area contributed by atoms with Crippen LogP contribution >= 0.6 is 0 Å². The van der Waals surface area contributed by atoms with Crippen molar-refractivity contribution < 1.29 is 14.6 Å². The maximum Gasteiger partial charge on any atom is 0.310 e. The molecular weight excluding hydrogens is 198 g/mol. The van der Waals surface area contributed by atoms with Crippen molar-refractivity contribution in [3.05, 3.63) is 10.4 Å². The summed E-state index contributed by atoms with van der Waals surface area (Å²) in [4.78, 5) is 14.3. The van der Waals surface area contributed by atoms with Crippen LogP contribution in [0.3, 0.4) is 0 Å². The van der Waals surface area contributed by atoms with Crippen LogP contribution in [0.1, 0.15) is 6.42 Å². The van der Waals surface area contributed by atoms with Gasteiger partial charge in [-0.1, -0.05) is 5.11 Å². The molecule has 0 aromatic rings. The molecule has 2 aliphatic carbocycles. The van der Waals surface area contributed by atoms with Crippen LogP contribution < -0.4 is 0 Å². The minimum Gasteiger partial charge on any atom is -0.461 e. The van der Waals surface area contributed by atoms with E-state index in [1.54, 1.807) is 0 Å². The normalized spacial score (nSPS) is 50.3. The summed E-state index contributed by atoms with van der Waals surface area (Å²) in [5.41, 5.74) is 8.46. The average Bonchev–Trinajstić information content (AvgIpc) is 2.80. The summed E-state index contributed by atoms with van der Waals surface area (Å²) in [6.07, 6.45) is 0.613. The molecule has 0 aromatic heterocycles. The summed E-state index contributed by atoms with van der Waals surface area (Å²) in [6, 6.07) is -0.264. The first-order valence-electron chi connectivity index (χ1n) is 5.13. The van der Waals surface area contributed by atoms with Gasteiger partial charge in [0.1, 0.15) is 6.10 Å². The zero-order valence-electron chi connectivity index (χ0n) is 7.98. The number of esters is 1. The summed E-state index contributed by atoms with van der Waals surface area (Å²) in [6.45, 7) is -0.0227. The molecule has 2 bridgehead atoms. The van der Waals surface area contributed by atoms with E-state index < -0.39 is 0 Å². The molecule has 6 atom stereocenters. The molecule has 3 rings (SSSR count). The van der Waals surface area contributed by atoms with Crippen molar-refractivity contribution in [1.29, 1.82) is 0 Å².